The first-order valence-corrected chi connectivity index (χ1v) is 12.6. The molecule has 0 saturated heterocycles. The molecule has 5 N–H and O–H groups in total. The molecule has 9 heteroatoms. The zero-order chi connectivity index (χ0) is 25.6. The topological polar surface area (TPSA) is 130 Å². The lowest BCUT2D eigenvalue weighted by Crippen LogP contribution is -2.40. The van der Waals surface area contributed by atoms with Gasteiger partial charge in [-0.1, -0.05) is 45.1 Å². The van der Waals surface area contributed by atoms with Crippen molar-refractivity contribution in [3.63, 3.8) is 0 Å². The normalized spacial score (nSPS) is 15.0. The average molecular weight is 491 g/mol. The summed E-state index contributed by atoms with van der Waals surface area (Å²) in [6, 6.07) is 0.0181. The van der Waals surface area contributed by atoms with Gasteiger partial charge in [0, 0.05) is 38.9 Å². The number of carbonyl (C=O) groups is 1. The standard InChI is InChI=1S/C25H50N2O7/c1-20(2)25(31)34-19-22(28)14-21(27-16-24(30)18-33-4)12-10-8-6-5-7-9-11-13-26-15-23(29)17-32-3/h21-24,26-30H,1,5-19H2,2-4H3. The number of carbonyl (C=O) groups excluding carboxylic acids is 1. The molecule has 0 rings (SSSR count). The minimum Gasteiger partial charge on any atom is -0.460 e. The zero-order valence-electron chi connectivity index (χ0n) is 21.6. The first-order chi connectivity index (χ1) is 16.3. The summed E-state index contributed by atoms with van der Waals surface area (Å²) < 4.78 is 14.9. The number of aliphatic hydroxyl groups is 3. The number of unbranched alkanes of at least 4 members (excludes halogenated alkanes) is 6. The molecule has 0 radical (unpaired) electrons. The van der Waals surface area contributed by atoms with Crippen LogP contribution in [0.25, 0.3) is 0 Å². The number of hydrogen-bond acceptors (Lipinski definition) is 9. The molecular weight excluding hydrogens is 440 g/mol. The van der Waals surface area contributed by atoms with Crippen molar-refractivity contribution in [2.75, 3.05) is 53.7 Å². The van der Waals surface area contributed by atoms with Crippen LogP contribution in [0.4, 0.5) is 0 Å². The van der Waals surface area contributed by atoms with Crippen molar-refractivity contribution in [2.24, 2.45) is 0 Å². The largest absolute Gasteiger partial charge is 0.460 e. The van der Waals surface area contributed by atoms with E-state index >= 15 is 0 Å². The first kappa shape index (κ1) is 32.9. The summed E-state index contributed by atoms with van der Waals surface area (Å²) in [7, 11) is 3.13. The van der Waals surface area contributed by atoms with E-state index in [0.29, 0.717) is 31.7 Å². The van der Waals surface area contributed by atoms with E-state index in [4.69, 9.17) is 14.2 Å². The van der Waals surface area contributed by atoms with Crippen LogP contribution in [0.15, 0.2) is 12.2 Å². The number of rotatable bonds is 24. The van der Waals surface area contributed by atoms with Crippen LogP contribution in [0.1, 0.15) is 64.7 Å². The third-order valence-corrected chi connectivity index (χ3v) is 5.46. The second kappa shape index (κ2) is 22.4. The first-order valence-electron chi connectivity index (χ1n) is 12.6. The molecule has 4 unspecified atom stereocenters. The molecule has 0 saturated carbocycles. The Hall–Kier alpha value is -1.07. The van der Waals surface area contributed by atoms with Crippen LogP contribution >= 0.6 is 0 Å². The Kier molecular flexibility index (Phi) is 21.7. The molecule has 0 bridgehead atoms. The van der Waals surface area contributed by atoms with Crippen LogP contribution in [0, 0.1) is 0 Å². The Morgan fingerprint density at radius 1 is 0.824 bits per heavy atom. The Bertz CT molecular complexity index is 508. The second-order valence-electron chi connectivity index (χ2n) is 9.06. The summed E-state index contributed by atoms with van der Waals surface area (Å²) in [5, 5.41) is 36.3. The van der Waals surface area contributed by atoms with Crippen molar-refractivity contribution in [2.45, 2.75) is 89.1 Å². The van der Waals surface area contributed by atoms with E-state index < -0.39 is 24.3 Å². The van der Waals surface area contributed by atoms with E-state index in [9.17, 15) is 20.1 Å². The Labute approximate surface area is 206 Å². The second-order valence-corrected chi connectivity index (χ2v) is 9.06. The maximum Gasteiger partial charge on any atom is 0.333 e. The third-order valence-electron chi connectivity index (χ3n) is 5.46. The van der Waals surface area contributed by atoms with Gasteiger partial charge >= 0.3 is 5.97 Å². The van der Waals surface area contributed by atoms with Gasteiger partial charge in [-0.3, -0.25) is 0 Å². The van der Waals surface area contributed by atoms with Crippen molar-refractivity contribution in [3.05, 3.63) is 12.2 Å². The fourth-order valence-corrected chi connectivity index (χ4v) is 3.59. The molecular formula is C25H50N2O7. The number of methoxy groups -OCH3 is 2. The fourth-order valence-electron chi connectivity index (χ4n) is 3.59. The maximum absolute atomic E-state index is 11.5. The molecule has 0 aromatic carbocycles. The molecule has 0 aromatic rings. The highest BCUT2D eigenvalue weighted by molar-refractivity contribution is 5.86. The molecule has 0 aliphatic heterocycles. The molecule has 0 aliphatic carbocycles. The molecule has 0 spiro atoms. The van der Waals surface area contributed by atoms with Gasteiger partial charge in [0.15, 0.2) is 0 Å². The summed E-state index contributed by atoms with van der Waals surface area (Å²) in [6.45, 7) is 7.51. The SMILES string of the molecule is C=C(C)C(=O)OCC(O)CC(CCCCCCCCCNCC(O)COC)NCC(O)COC. The van der Waals surface area contributed by atoms with Gasteiger partial charge in [-0.2, -0.15) is 0 Å². The lowest BCUT2D eigenvalue weighted by molar-refractivity contribution is -0.142. The molecule has 0 heterocycles. The van der Waals surface area contributed by atoms with Gasteiger partial charge in [-0.05, 0) is 32.7 Å². The van der Waals surface area contributed by atoms with Crippen LogP contribution < -0.4 is 10.6 Å². The van der Waals surface area contributed by atoms with E-state index in [0.717, 1.165) is 38.6 Å². The van der Waals surface area contributed by atoms with Gasteiger partial charge in [-0.15, -0.1) is 0 Å². The number of aliphatic hydroxyl groups excluding tert-OH is 3. The average Bonchev–Trinajstić information content (AvgIpc) is 2.79. The van der Waals surface area contributed by atoms with E-state index in [1.165, 1.54) is 19.3 Å². The Balaban J connectivity index is 4.03. The van der Waals surface area contributed by atoms with Crippen molar-refractivity contribution in [3.8, 4) is 0 Å². The third kappa shape index (κ3) is 20.3. The van der Waals surface area contributed by atoms with Crippen molar-refractivity contribution < 1.29 is 34.3 Å². The van der Waals surface area contributed by atoms with E-state index in [1.54, 1.807) is 21.1 Å². The molecule has 0 amide bonds. The Morgan fingerprint density at radius 2 is 1.38 bits per heavy atom. The minimum atomic E-state index is -0.774. The van der Waals surface area contributed by atoms with Crippen LogP contribution in [0.5, 0.6) is 0 Å². The van der Waals surface area contributed by atoms with Crippen LogP contribution in [0.2, 0.25) is 0 Å². The summed E-state index contributed by atoms with van der Waals surface area (Å²) >= 11 is 0. The lowest BCUT2D eigenvalue weighted by atomic mass is 10.0. The molecule has 202 valence electrons. The van der Waals surface area contributed by atoms with Crippen molar-refractivity contribution >= 4 is 5.97 Å². The predicted octanol–water partition coefficient (Wildman–Crippen LogP) is 1.54. The predicted molar refractivity (Wildman–Crippen MR) is 134 cm³/mol. The molecule has 34 heavy (non-hydrogen) atoms. The highest BCUT2D eigenvalue weighted by Gasteiger charge is 2.17. The maximum atomic E-state index is 11.5. The summed E-state index contributed by atoms with van der Waals surface area (Å²) in [6.07, 6.45) is 7.44. The smallest absolute Gasteiger partial charge is 0.333 e. The quantitative estimate of drug-likeness (QED) is 0.0777. The van der Waals surface area contributed by atoms with Crippen molar-refractivity contribution in [1.29, 1.82) is 0 Å². The molecule has 4 atom stereocenters. The molecule has 9 nitrogen and oxygen atoms in total. The molecule has 0 fully saturated rings. The van der Waals surface area contributed by atoms with E-state index in [1.807, 2.05) is 0 Å². The van der Waals surface area contributed by atoms with Crippen LogP contribution in [-0.4, -0.2) is 99.3 Å². The van der Waals surface area contributed by atoms with Crippen LogP contribution in [-0.2, 0) is 19.0 Å². The van der Waals surface area contributed by atoms with Gasteiger partial charge < -0.3 is 40.2 Å². The number of ether oxygens (including phenoxy) is 3. The number of esters is 1. The van der Waals surface area contributed by atoms with Crippen LogP contribution in [0.3, 0.4) is 0 Å². The summed E-state index contributed by atoms with van der Waals surface area (Å²) in [5.74, 6) is -0.501. The monoisotopic (exact) mass is 490 g/mol. The Morgan fingerprint density at radius 3 is 1.97 bits per heavy atom. The molecule has 0 aromatic heterocycles. The number of hydrogen-bond donors (Lipinski definition) is 5. The highest BCUT2D eigenvalue weighted by atomic mass is 16.5. The lowest BCUT2D eigenvalue weighted by Gasteiger charge is -2.23. The summed E-state index contributed by atoms with van der Waals surface area (Å²) in [4.78, 5) is 11.5. The summed E-state index contributed by atoms with van der Waals surface area (Å²) in [5.41, 5.74) is 0.307. The van der Waals surface area contributed by atoms with Gasteiger partial charge in [0.2, 0.25) is 0 Å². The van der Waals surface area contributed by atoms with E-state index in [-0.39, 0.29) is 19.3 Å². The highest BCUT2D eigenvalue weighted by Crippen LogP contribution is 2.13. The molecule has 0 aliphatic rings. The van der Waals surface area contributed by atoms with Gasteiger partial charge in [0.1, 0.15) is 6.61 Å². The van der Waals surface area contributed by atoms with Gasteiger partial charge in [0.05, 0.1) is 31.5 Å². The fraction of sp³-hybridized carbons (Fsp3) is 0.880. The van der Waals surface area contributed by atoms with Gasteiger partial charge in [0.25, 0.3) is 0 Å². The minimum absolute atomic E-state index is 0.0181. The zero-order valence-corrected chi connectivity index (χ0v) is 21.6. The van der Waals surface area contributed by atoms with Gasteiger partial charge in [-0.25, -0.2) is 4.79 Å². The van der Waals surface area contributed by atoms with E-state index in [2.05, 4.69) is 17.2 Å². The van der Waals surface area contributed by atoms with Crippen molar-refractivity contribution in [1.82, 2.24) is 10.6 Å². The number of nitrogens with one attached hydrogen (secondary N) is 2.